The molecule has 3 N–H and O–H groups in total. The maximum absolute atomic E-state index is 13.1. The Morgan fingerprint density at radius 2 is 0.505 bits per heavy atom. The number of aliphatic hydroxyl groups is 1. The molecule has 101 heavy (non-hydrogen) atoms. The van der Waals surface area contributed by atoms with E-state index in [0.717, 1.165) is 108 Å². The Bertz CT molecular complexity index is 1960. The van der Waals surface area contributed by atoms with Crippen molar-refractivity contribution in [1.29, 1.82) is 0 Å². The highest BCUT2D eigenvalue weighted by molar-refractivity contribution is 7.47. The first-order valence-corrected chi connectivity index (χ1v) is 45.4. The molecule has 3 unspecified atom stereocenters. The van der Waals surface area contributed by atoms with Gasteiger partial charge >= 0.3 is 39.5 Å². The molecule has 0 fully saturated rings. The summed E-state index contributed by atoms with van der Waals surface area (Å²) in [5, 5.41) is 10.7. The molecule has 0 aliphatic rings. The topological polar surface area (TPSA) is 237 Å². The van der Waals surface area contributed by atoms with Gasteiger partial charge < -0.3 is 33.8 Å². The molecular weight excluding hydrogens is 1320 g/mol. The fourth-order valence-electron chi connectivity index (χ4n) is 12.6. The van der Waals surface area contributed by atoms with Gasteiger partial charge in [0.15, 0.2) is 12.2 Å². The van der Waals surface area contributed by atoms with Crippen LogP contribution in [0.5, 0.6) is 0 Å². The smallest absolute Gasteiger partial charge is 0.462 e. The van der Waals surface area contributed by atoms with E-state index in [1.54, 1.807) is 0 Å². The zero-order valence-electron chi connectivity index (χ0n) is 66.4. The van der Waals surface area contributed by atoms with Crippen molar-refractivity contribution in [3.05, 3.63) is 0 Å². The first-order valence-electron chi connectivity index (χ1n) is 42.4. The van der Waals surface area contributed by atoms with Crippen molar-refractivity contribution < 1.29 is 80.2 Å². The third kappa shape index (κ3) is 74.7. The molecular formula is C82H160O17P2. The van der Waals surface area contributed by atoms with Crippen LogP contribution in [0.15, 0.2) is 0 Å². The third-order valence-corrected chi connectivity index (χ3v) is 21.4. The van der Waals surface area contributed by atoms with Gasteiger partial charge in [-0.3, -0.25) is 37.3 Å². The second-order valence-corrected chi connectivity index (χ2v) is 33.6. The lowest BCUT2D eigenvalue weighted by Gasteiger charge is -2.21. The highest BCUT2D eigenvalue weighted by atomic mass is 31.2. The maximum Gasteiger partial charge on any atom is 0.472 e. The van der Waals surface area contributed by atoms with Gasteiger partial charge in [-0.25, -0.2) is 9.13 Å². The number of carbonyl (C=O) groups is 4. The number of rotatable bonds is 80. The fourth-order valence-corrected chi connectivity index (χ4v) is 14.2. The van der Waals surface area contributed by atoms with Crippen LogP contribution in [-0.4, -0.2) is 96.7 Å². The monoisotopic (exact) mass is 1480 g/mol. The summed E-state index contributed by atoms with van der Waals surface area (Å²) in [6.07, 6.45) is 61.0. The van der Waals surface area contributed by atoms with Gasteiger partial charge in [-0.05, 0) is 43.4 Å². The molecule has 0 saturated carbocycles. The average Bonchev–Trinajstić information content (AvgIpc) is 0.950. The van der Waals surface area contributed by atoms with Crippen molar-refractivity contribution >= 4 is 39.5 Å². The number of phosphoric acid groups is 2. The molecule has 0 amide bonds. The van der Waals surface area contributed by atoms with E-state index < -0.39 is 97.5 Å². The maximum atomic E-state index is 13.1. The standard InChI is InChI=1S/C82H160O17P2/c1-8-10-11-12-13-14-15-16-17-18-19-20-21-22-23-30-35-44-51-58-65-81(86)98-77(69-92-79(84)63-56-49-42-34-29-25-24-27-32-39-46-53-60-73(3)4)71-96-100(88,89)94-67-76(83)68-95-101(90,91)97-72-78(70-93-80(85)64-57-50-43-38-37-41-48-55-62-75(7)9-2)99-82(87)66-59-52-45-36-31-26-28-33-40-47-54-61-74(5)6/h73-78,83H,8-72H2,1-7H3,(H,88,89)(H,90,91)/t75?,76-,77-,78-/m1/s1. The highest BCUT2D eigenvalue weighted by Gasteiger charge is 2.30. The molecule has 19 heteroatoms. The third-order valence-electron chi connectivity index (χ3n) is 19.5. The minimum Gasteiger partial charge on any atom is -0.462 e. The van der Waals surface area contributed by atoms with Crippen LogP contribution < -0.4 is 0 Å². The molecule has 0 radical (unpaired) electrons. The van der Waals surface area contributed by atoms with Crippen LogP contribution >= 0.6 is 15.6 Å². The number of unbranched alkanes of at least 4 members (excludes halogenated alkanes) is 47. The highest BCUT2D eigenvalue weighted by Crippen LogP contribution is 2.45. The average molecular weight is 1480 g/mol. The Kier molecular flexibility index (Phi) is 70.9. The van der Waals surface area contributed by atoms with E-state index in [4.69, 9.17) is 37.0 Å². The van der Waals surface area contributed by atoms with E-state index in [1.165, 1.54) is 238 Å². The molecule has 0 aromatic carbocycles. The molecule has 0 saturated heterocycles. The number of esters is 4. The largest absolute Gasteiger partial charge is 0.472 e. The van der Waals surface area contributed by atoms with Crippen molar-refractivity contribution in [2.45, 2.75) is 446 Å². The van der Waals surface area contributed by atoms with Crippen molar-refractivity contribution in [2.75, 3.05) is 39.6 Å². The fraction of sp³-hybridized carbons (Fsp3) is 0.951. The van der Waals surface area contributed by atoms with E-state index in [1.807, 2.05) is 0 Å². The molecule has 600 valence electrons. The molecule has 0 aromatic heterocycles. The van der Waals surface area contributed by atoms with Gasteiger partial charge in [-0.15, -0.1) is 0 Å². The van der Waals surface area contributed by atoms with Gasteiger partial charge in [0, 0.05) is 25.7 Å². The first kappa shape index (κ1) is 99.1. The van der Waals surface area contributed by atoms with Crippen LogP contribution in [0.1, 0.15) is 427 Å². The van der Waals surface area contributed by atoms with E-state index in [2.05, 4.69) is 48.5 Å². The predicted octanol–water partition coefficient (Wildman–Crippen LogP) is 24.5. The van der Waals surface area contributed by atoms with E-state index in [0.29, 0.717) is 25.7 Å². The van der Waals surface area contributed by atoms with Gasteiger partial charge in [0.1, 0.15) is 19.3 Å². The Morgan fingerprint density at radius 3 is 0.752 bits per heavy atom. The second kappa shape index (κ2) is 72.3. The van der Waals surface area contributed by atoms with Crippen molar-refractivity contribution in [3.63, 3.8) is 0 Å². The SMILES string of the molecule is CCCCCCCCCCCCCCCCCCCCCCC(=O)O[C@H](COC(=O)CCCCCCCCCCCCCCC(C)C)COP(=O)(O)OC[C@@H](O)COP(=O)(O)OC[C@@H](COC(=O)CCCCCCCCCCC(C)CC)OC(=O)CCCCCCCCCCCCCC(C)C. The molecule has 0 aliphatic heterocycles. The summed E-state index contributed by atoms with van der Waals surface area (Å²) in [6.45, 7) is 12.0. The molecule has 0 aromatic rings. The predicted molar refractivity (Wildman–Crippen MR) is 414 cm³/mol. The molecule has 0 bridgehead atoms. The van der Waals surface area contributed by atoms with Crippen LogP contribution in [0.4, 0.5) is 0 Å². The van der Waals surface area contributed by atoms with Crippen molar-refractivity contribution in [2.24, 2.45) is 17.8 Å². The summed E-state index contributed by atoms with van der Waals surface area (Å²) in [4.78, 5) is 73.1. The normalized spacial score (nSPS) is 14.2. The Balaban J connectivity index is 5.26. The Morgan fingerprint density at radius 1 is 0.287 bits per heavy atom. The molecule has 0 rings (SSSR count). The number of ether oxygens (including phenoxy) is 4. The lowest BCUT2D eigenvalue weighted by molar-refractivity contribution is -0.161. The van der Waals surface area contributed by atoms with Gasteiger partial charge in [0.25, 0.3) is 0 Å². The van der Waals surface area contributed by atoms with Crippen LogP contribution in [-0.2, 0) is 65.4 Å². The summed E-state index contributed by atoms with van der Waals surface area (Å²) < 4.78 is 68.8. The molecule has 0 spiro atoms. The van der Waals surface area contributed by atoms with Gasteiger partial charge in [0.2, 0.25) is 0 Å². The quantitative estimate of drug-likeness (QED) is 0.0222. The summed E-state index contributed by atoms with van der Waals surface area (Å²) in [5.41, 5.74) is 0. The summed E-state index contributed by atoms with van der Waals surface area (Å²) >= 11 is 0. The lowest BCUT2D eigenvalue weighted by atomic mass is 9.99. The first-order chi connectivity index (χ1) is 48.8. The minimum atomic E-state index is -4.96. The van der Waals surface area contributed by atoms with Crippen molar-refractivity contribution in [3.8, 4) is 0 Å². The van der Waals surface area contributed by atoms with Gasteiger partial charge in [-0.1, -0.05) is 376 Å². The Hall–Kier alpha value is -1.94. The molecule has 0 heterocycles. The van der Waals surface area contributed by atoms with Crippen LogP contribution in [0.25, 0.3) is 0 Å². The zero-order chi connectivity index (χ0) is 74.4. The molecule has 17 nitrogen and oxygen atoms in total. The van der Waals surface area contributed by atoms with Crippen LogP contribution in [0, 0.1) is 17.8 Å². The van der Waals surface area contributed by atoms with Crippen LogP contribution in [0.2, 0.25) is 0 Å². The summed E-state index contributed by atoms with van der Waals surface area (Å²) in [6, 6.07) is 0. The second-order valence-electron chi connectivity index (χ2n) is 30.7. The van der Waals surface area contributed by atoms with Crippen molar-refractivity contribution in [1.82, 2.24) is 0 Å². The number of phosphoric ester groups is 2. The Labute approximate surface area is 619 Å². The van der Waals surface area contributed by atoms with Gasteiger partial charge in [0.05, 0.1) is 26.4 Å². The number of carbonyl (C=O) groups excluding carboxylic acids is 4. The minimum absolute atomic E-state index is 0.106. The van der Waals surface area contributed by atoms with E-state index in [-0.39, 0.29) is 25.7 Å². The number of aliphatic hydroxyl groups excluding tert-OH is 1. The molecule has 6 atom stereocenters. The summed E-state index contributed by atoms with van der Waals surface area (Å²) in [5.74, 6) is 0.214. The van der Waals surface area contributed by atoms with E-state index >= 15 is 0 Å². The van der Waals surface area contributed by atoms with Crippen LogP contribution in [0.3, 0.4) is 0 Å². The number of hydrogen-bond acceptors (Lipinski definition) is 15. The summed E-state index contributed by atoms with van der Waals surface area (Å²) in [7, 11) is -9.92. The lowest BCUT2D eigenvalue weighted by Crippen LogP contribution is -2.30. The van der Waals surface area contributed by atoms with E-state index in [9.17, 15) is 43.2 Å². The number of hydrogen-bond donors (Lipinski definition) is 3. The molecule has 0 aliphatic carbocycles. The van der Waals surface area contributed by atoms with Gasteiger partial charge in [-0.2, -0.15) is 0 Å². The zero-order valence-corrected chi connectivity index (χ0v) is 68.2.